The first-order chi connectivity index (χ1) is 13.2. The van der Waals surface area contributed by atoms with E-state index in [-0.39, 0.29) is 34.9 Å². The van der Waals surface area contributed by atoms with Crippen LogP contribution in [0.25, 0.3) is 0 Å². The maximum Gasteiger partial charge on any atom is 0.293 e. The van der Waals surface area contributed by atoms with Gasteiger partial charge in [-0.3, -0.25) is 10.1 Å². The van der Waals surface area contributed by atoms with Crippen molar-refractivity contribution in [3.05, 3.63) is 28.3 Å². The van der Waals surface area contributed by atoms with Gasteiger partial charge in [0.2, 0.25) is 10.0 Å². The number of nitro benzene ring substituents is 1. The molecule has 8 nitrogen and oxygen atoms in total. The van der Waals surface area contributed by atoms with E-state index in [0.717, 1.165) is 19.3 Å². The Morgan fingerprint density at radius 2 is 1.89 bits per heavy atom. The van der Waals surface area contributed by atoms with Gasteiger partial charge in [-0.15, -0.1) is 0 Å². The quantitative estimate of drug-likeness (QED) is 0.590. The molecule has 0 unspecified atom stereocenters. The molecule has 0 spiro atoms. The summed E-state index contributed by atoms with van der Waals surface area (Å²) in [5.74, 6) is 0.598. The van der Waals surface area contributed by atoms with Gasteiger partial charge < -0.3 is 10.0 Å². The van der Waals surface area contributed by atoms with Crippen molar-refractivity contribution in [2.45, 2.75) is 38.0 Å². The van der Waals surface area contributed by atoms with Gasteiger partial charge in [-0.25, -0.2) is 8.42 Å². The van der Waals surface area contributed by atoms with Crippen molar-refractivity contribution in [3.8, 4) is 0 Å². The minimum atomic E-state index is -3.78. The predicted octanol–water partition coefficient (Wildman–Crippen LogP) is 2.47. The number of benzene rings is 1. The van der Waals surface area contributed by atoms with Crippen LogP contribution >= 0.6 is 0 Å². The van der Waals surface area contributed by atoms with Crippen LogP contribution in [0.4, 0.5) is 11.4 Å². The molecule has 9 heteroatoms. The SMILES string of the molecule is C[C@@H]1C[C@@H](C)CN(S(=O)(=O)c2ccc(N3CCC[C@H](CO)C3)c([N+](=O)[O-])c2)C1. The van der Waals surface area contributed by atoms with E-state index in [0.29, 0.717) is 31.9 Å². The highest BCUT2D eigenvalue weighted by molar-refractivity contribution is 7.89. The maximum atomic E-state index is 13.1. The molecule has 0 saturated carbocycles. The van der Waals surface area contributed by atoms with Crippen LogP contribution in [-0.2, 0) is 10.0 Å². The lowest BCUT2D eigenvalue weighted by Crippen LogP contribution is -2.42. The van der Waals surface area contributed by atoms with E-state index in [1.165, 1.54) is 16.4 Å². The Morgan fingerprint density at radius 1 is 1.21 bits per heavy atom. The molecule has 2 saturated heterocycles. The molecule has 28 heavy (non-hydrogen) atoms. The van der Waals surface area contributed by atoms with Gasteiger partial charge in [-0.2, -0.15) is 4.31 Å². The molecule has 2 fully saturated rings. The van der Waals surface area contributed by atoms with Crippen LogP contribution in [0.1, 0.15) is 33.1 Å². The van der Waals surface area contributed by atoms with Crippen molar-refractivity contribution >= 4 is 21.4 Å². The summed E-state index contributed by atoms with van der Waals surface area (Å²) in [4.78, 5) is 13.0. The number of hydrogen-bond donors (Lipinski definition) is 1. The zero-order valence-corrected chi connectivity index (χ0v) is 17.3. The van der Waals surface area contributed by atoms with Crippen LogP contribution in [0.5, 0.6) is 0 Å². The summed E-state index contributed by atoms with van der Waals surface area (Å²) >= 11 is 0. The highest BCUT2D eigenvalue weighted by Crippen LogP contribution is 2.35. The number of aliphatic hydroxyl groups excluding tert-OH is 1. The number of nitrogens with zero attached hydrogens (tertiary/aromatic N) is 3. The van der Waals surface area contributed by atoms with Crippen LogP contribution in [0, 0.1) is 27.9 Å². The molecule has 0 bridgehead atoms. The summed E-state index contributed by atoms with van der Waals surface area (Å²) in [6.07, 6.45) is 2.71. The molecule has 1 aromatic rings. The zero-order valence-electron chi connectivity index (χ0n) is 16.5. The van der Waals surface area contributed by atoms with E-state index in [9.17, 15) is 23.6 Å². The third-order valence-corrected chi connectivity index (χ3v) is 7.56. The molecule has 0 amide bonds. The van der Waals surface area contributed by atoms with E-state index < -0.39 is 14.9 Å². The number of aliphatic hydroxyl groups is 1. The number of hydrogen-bond acceptors (Lipinski definition) is 6. The Balaban J connectivity index is 1.93. The maximum absolute atomic E-state index is 13.1. The number of piperidine rings is 2. The molecule has 1 aromatic carbocycles. The summed E-state index contributed by atoms with van der Waals surface area (Å²) in [6.45, 7) is 6.16. The van der Waals surface area contributed by atoms with E-state index >= 15 is 0 Å². The molecule has 2 heterocycles. The van der Waals surface area contributed by atoms with E-state index in [1.54, 1.807) is 6.07 Å². The van der Waals surface area contributed by atoms with Crippen molar-refractivity contribution in [3.63, 3.8) is 0 Å². The van der Waals surface area contributed by atoms with Crippen molar-refractivity contribution in [1.82, 2.24) is 4.31 Å². The highest BCUT2D eigenvalue weighted by atomic mass is 32.2. The third-order valence-electron chi connectivity index (χ3n) is 5.73. The lowest BCUT2D eigenvalue weighted by molar-refractivity contribution is -0.384. The predicted molar refractivity (Wildman–Crippen MR) is 107 cm³/mol. The Bertz CT molecular complexity index is 819. The van der Waals surface area contributed by atoms with Gasteiger partial charge in [0, 0.05) is 38.9 Å². The first-order valence-electron chi connectivity index (χ1n) is 9.86. The normalized spacial score (nSPS) is 27.0. The Hall–Kier alpha value is -1.71. The van der Waals surface area contributed by atoms with Gasteiger partial charge >= 0.3 is 0 Å². The van der Waals surface area contributed by atoms with Crippen molar-refractivity contribution in [2.24, 2.45) is 17.8 Å². The molecule has 156 valence electrons. The van der Waals surface area contributed by atoms with Gasteiger partial charge in [-0.05, 0) is 49.1 Å². The van der Waals surface area contributed by atoms with Crippen molar-refractivity contribution in [1.29, 1.82) is 0 Å². The average Bonchev–Trinajstić information content (AvgIpc) is 2.66. The fraction of sp³-hybridized carbons (Fsp3) is 0.684. The minimum Gasteiger partial charge on any atom is -0.396 e. The molecule has 0 radical (unpaired) electrons. The van der Waals surface area contributed by atoms with Crippen LogP contribution < -0.4 is 4.90 Å². The van der Waals surface area contributed by atoms with Crippen LogP contribution in [0.2, 0.25) is 0 Å². The Labute approximate surface area is 166 Å². The minimum absolute atomic E-state index is 0.0278. The van der Waals surface area contributed by atoms with Gasteiger partial charge in [0.05, 0.1) is 9.82 Å². The summed E-state index contributed by atoms with van der Waals surface area (Å²) in [7, 11) is -3.78. The number of sulfonamides is 1. The molecule has 1 N–H and O–H groups in total. The van der Waals surface area contributed by atoms with Crippen LogP contribution in [0.15, 0.2) is 23.1 Å². The van der Waals surface area contributed by atoms with Crippen LogP contribution in [0.3, 0.4) is 0 Å². The summed E-state index contributed by atoms with van der Waals surface area (Å²) in [5.41, 5.74) is 0.222. The second kappa shape index (κ2) is 8.34. The van der Waals surface area contributed by atoms with Gasteiger partial charge in [0.25, 0.3) is 5.69 Å². The largest absolute Gasteiger partial charge is 0.396 e. The summed E-state index contributed by atoms with van der Waals surface area (Å²) in [6, 6.07) is 4.21. The fourth-order valence-electron chi connectivity index (χ4n) is 4.46. The molecular formula is C19H29N3O5S. The monoisotopic (exact) mass is 411 g/mol. The third kappa shape index (κ3) is 4.31. The Kier molecular flexibility index (Phi) is 6.26. The molecule has 2 aliphatic rings. The van der Waals surface area contributed by atoms with Gasteiger partial charge in [0.1, 0.15) is 5.69 Å². The van der Waals surface area contributed by atoms with E-state index in [4.69, 9.17) is 0 Å². The second-order valence-corrected chi connectivity index (χ2v) is 10.3. The number of rotatable bonds is 5. The number of nitro groups is 1. The summed E-state index contributed by atoms with van der Waals surface area (Å²) < 4.78 is 27.6. The molecule has 3 atom stereocenters. The van der Waals surface area contributed by atoms with Gasteiger partial charge in [0.15, 0.2) is 0 Å². The average molecular weight is 412 g/mol. The molecule has 0 aromatic heterocycles. The highest BCUT2D eigenvalue weighted by Gasteiger charge is 2.34. The summed E-state index contributed by atoms with van der Waals surface area (Å²) in [5, 5.41) is 21.1. The fourth-order valence-corrected chi connectivity index (χ4v) is 6.16. The lowest BCUT2D eigenvalue weighted by Gasteiger charge is -2.34. The topological polar surface area (TPSA) is 104 Å². The van der Waals surface area contributed by atoms with Crippen LogP contribution in [-0.4, -0.2) is 55.5 Å². The Morgan fingerprint density at radius 3 is 2.50 bits per heavy atom. The standard InChI is InChI=1S/C19H29N3O5S/c1-14-8-15(2)11-21(10-14)28(26,27)17-5-6-18(19(9-17)22(24)25)20-7-3-4-16(12-20)13-23/h5-6,9,14-16,23H,3-4,7-8,10-13H2,1-2H3/t14-,15-,16+/m1/s1. The zero-order chi connectivity index (χ0) is 20.5. The van der Waals surface area contributed by atoms with E-state index in [2.05, 4.69) is 0 Å². The van der Waals surface area contributed by atoms with Crippen molar-refractivity contribution in [2.75, 3.05) is 37.7 Å². The van der Waals surface area contributed by atoms with E-state index in [1.807, 2.05) is 18.7 Å². The van der Waals surface area contributed by atoms with Crippen molar-refractivity contribution < 1.29 is 18.4 Å². The number of anilines is 1. The second-order valence-electron chi connectivity index (χ2n) is 8.31. The first kappa shape index (κ1) is 21.0. The molecule has 3 rings (SSSR count). The molecule has 0 aliphatic carbocycles. The molecular weight excluding hydrogens is 382 g/mol. The van der Waals surface area contributed by atoms with Gasteiger partial charge in [-0.1, -0.05) is 13.8 Å². The lowest BCUT2D eigenvalue weighted by atomic mass is 9.94. The molecule has 2 aliphatic heterocycles. The first-order valence-corrected chi connectivity index (χ1v) is 11.3. The smallest absolute Gasteiger partial charge is 0.293 e.